The van der Waals surface area contributed by atoms with E-state index in [-0.39, 0.29) is 11.7 Å². The van der Waals surface area contributed by atoms with Crippen LogP contribution >= 0.6 is 21.6 Å². The molecule has 0 saturated carbocycles. The number of nitrogens with zero attached hydrogens (tertiary/aromatic N) is 1. The predicted octanol–water partition coefficient (Wildman–Crippen LogP) is 2.96. The van der Waals surface area contributed by atoms with Crippen LogP contribution in [-0.4, -0.2) is 27.2 Å². The predicted molar refractivity (Wildman–Crippen MR) is 85.9 cm³/mol. The Morgan fingerprint density at radius 3 is 2.71 bits per heavy atom. The van der Waals surface area contributed by atoms with Gasteiger partial charge in [-0.2, -0.15) is 0 Å². The maximum Gasteiger partial charge on any atom is 0.307 e. The molecule has 0 spiro atoms. The highest BCUT2D eigenvalue weighted by molar-refractivity contribution is 8.76. The number of carbonyl (C=O) groups is 2. The van der Waals surface area contributed by atoms with Crippen molar-refractivity contribution < 1.29 is 14.7 Å². The average molecular weight is 328 g/mol. The van der Waals surface area contributed by atoms with Crippen LogP contribution in [-0.2, 0) is 9.59 Å². The fourth-order valence-electron chi connectivity index (χ4n) is 1.84. The molecule has 0 aliphatic heterocycles. The van der Waals surface area contributed by atoms with Crippen molar-refractivity contribution in [3.8, 4) is 0 Å². The van der Waals surface area contributed by atoms with Gasteiger partial charge in [-0.05, 0) is 29.3 Å². The molecule has 0 aliphatic rings. The first kappa shape index (κ1) is 17.8. The van der Waals surface area contributed by atoms with Gasteiger partial charge in [0.2, 0.25) is 5.91 Å². The normalized spacial score (nSPS) is 13.6. The molecule has 0 aromatic carbocycles. The van der Waals surface area contributed by atoms with E-state index in [0.717, 1.165) is 17.9 Å². The number of nitrogens with two attached hydrogens (primary N) is 1. The lowest BCUT2D eigenvalue weighted by Gasteiger charge is -2.21. The summed E-state index contributed by atoms with van der Waals surface area (Å²) in [5.41, 5.74) is 5.26. The molecule has 0 saturated heterocycles. The van der Waals surface area contributed by atoms with Crippen LogP contribution in [0, 0.1) is 5.92 Å². The van der Waals surface area contributed by atoms with Gasteiger partial charge in [-0.3, -0.25) is 9.59 Å². The molecule has 3 N–H and O–H groups in total. The van der Waals surface area contributed by atoms with Gasteiger partial charge in [0.15, 0.2) is 0 Å². The number of amides is 1. The van der Waals surface area contributed by atoms with E-state index in [1.165, 1.54) is 21.6 Å². The van der Waals surface area contributed by atoms with E-state index >= 15 is 0 Å². The largest absolute Gasteiger partial charge is 0.481 e. The molecule has 1 amide bonds. The second-order valence-electron chi connectivity index (χ2n) is 4.64. The minimum Gasteiger partial charge on any atom is -0.481 e. The highest BCUT2D eigenvalue weighted by atomic mass is 33.1. The van der Waals surface area contributed by atoms with E-state index in [1.54, 1.807) is 6.20 Å². The van der Waals surface area contributed by atoms with Crippen molar-refractivity contribution in [2.75, 3.05) is 0 Å². The summed E-state index contributed by atoms with van der Waals surface area (Å²) in [7, 11) is 2.75. The molecule has 0 aliphatic carbocycles. The third-order valence-electron chi connectivity index (χ3n) is 2.93. The maximum atomic E-state index is 11.4. The van der Waals surface area contributed by atoms with Crippen LogP contribution in [0.2, 0.25) is 0 Å². The van der Waals surface area contributed by atoms with Crippen LogP contribution in [0.3, 0.4) is 0 Å². The monoisotopic (exact) mass is 328 g/mol. The molecule has 5 nitrogen and oxygen atoms in total. The topological polar surface area (TPSA) is 93.3 Å². The zero-order chi connectivity index (χ0) is 15.7. The maximum absolute atomic E-state index is 11.4. The summed E-state index contributed by atoms with van der Waals surface area (Å²) in [6.07, 6.45) is 4.04. The standard InChI is InChI=1S/C14H20N2O3S2/c1-2-3-6-10(14(18)19)11(9-12(15)17)20-21-13-7-4-5-8-16-13/h4-5,7-8,10-11H,2-3,6,9H2,1H3,(H2,15,17)(H,18,19). The molecule has 1 aromatic rings. The van der Waals surface area contributed by atoms with Gasteiger partial charge in [-0.1, -0.05) is 36.6 Å². The Morgan fingerprint density at radius 1 is 1.43 bits per heavy atom. The molecular weight excluding hydrogens is 308 g/mol. The number of hydrogen-bond donors (Lipinski definition) is 2. The van der Waals surface area contributed by atoms with Crippen molar-refractivity contribution in [2.24, 2.45) is 11.7 Å². The van der Waals surface area contributed by atoms with E-state index in [4.69, 9.17) is 5.73 Å². The molecule has 1 aromatic heterocycles. The minimum absolute atomic E-state index is 0.0607. The Kier molecular flexibility index (Phi) is 8.22. The highest BCUT2D eigenvalue weighted by Gasteiger charge is 2.30. The van der Waals surface area contributed by atoms with Gasteiger partial charge in [0.05, 0.1) is 5.92 Å². The molecule has 1 heterocycles. The molecule has 2 atom stereocenters. The number of carboxylic acids is 1. The smallest absolute Gasteiger partial charge is 0.307 e. The van der Waals surface area contributed by atoms with Gasteiger partial charge in [0.25, 0.3) is 0 Å². The van der Waals surface area contributed by atoms with Gasteiger partial charge >= 0.3 is 5.97 Å². The van der Waals surface area contributed by atoms with E-state index < -0.39 is 17.8 Å². The first-order valence-electron chi connectivity index (χ1n) is 6.80. The van der Waals surface area contributed by atoms with Crippen LogP contribution < -0.4 is 5.73 Å². The fraction of sp³-hybridized carbons (Fsp3) is 0.500. The summed E-state index contributed by atoms with van der Waals surface area (Å²) in [5.74, 6) is -1.92. The fourth-order valence-corrected chi connectivity index (χ4v) is 4.49. The van der Waals surface area contributed by atoms with Crippen molar-refractivity contribution in [1.29, 1.82) is 0 Å². The van der Waals surface area contributed by atoms with Crippen molar-refractivity contribution >= 4 is 33.5 Å². The number of aromatic nitrogens is 1. The Hall–Kier alpha value is -1.21. The number of rotatable bonds is 10. The first-order chi connectivity index (χ1) is 10.0. The molecule has 2 unspecified atom stereocenters. The van der Waals surface area contributed by atoms with Gasteiger partial charge in [0.1, 0.15) is 5.03 Å². The van der Waals surface area contributed by atoms with Crippen LogP contribution in [0.15, 0.2) is 29.4 Å². The van der Waals surface area contributed by atoms with Crippen molar-refractivity contribution in [3.63, 3.8) is 0 Å². The third-order valence-corrected chi connectivity index (χ3v) is 5.73. The summed E-state index contributed by atoms with van der Waals surface area (Å²) in [5, 5.41) is 9.83. The highest BCUT2D eigenvalue weighted by Crippen LogP contribution is 2.39. The number of unbranched alkanes of at least 4 members (excludes halogenated alkanes) is 1. The summed E-state index contributed by atoms with van der Waals surface area (Å²) in [6.45, 7) is 2.01. The number of carbonyl (C=O) groups excluding carboxylic acids is 1. The van der Waals surface area contributed by atoms with Crippen molar-refractivity contribution in [2.45, 2.75) is 42.9 Å². The van der Waals surface area contributed by atoms with Crippen LogP contribution in [0.4, 0.5) is 0 Å². The Morgan fingerprint density at radius 2 is 2.19 bits per heavy atom. The number of pyridine rings is 1. The van der Waals surface area contributed by atoms with E-state index in [1.807, 2.05) is 25.1 Å². The number of aliphatic carboxylic acids is 1. The molecule has 1 rings (SSSR count). The molecule has 0 fully saturated rings. The number of carboxylic acid groups (broad SMARTS) is 1. The quantitative estimate of drug-likeness (QED) is 0.641. The van der Waals surface area contributed by atoms with Crippen LogP contribution in [0.5, 0.6) is 0 Å². The molecule has 116 valence electrons. The van der Waals surface area contributed by atoms with Crippen molar-refractivity contribution in [3.05, 3.63) is 24.4 Å². The Labute approximate surface area is 132 Å². The van der Waals surface area contributed by atoms with Gasteiger partial charge in [-0.25, -0.2) is 4.98 Å². The zero-order valence-electron chi connectivity index (χ0n) is 11.9. The van der Waals surface area contributed by atoms with Crippen LogP contribution in [0.25, 0.3) is 0 Å². The molecule has 21 heavy (non-hydrogen) atoms. The third kappa shape index (κ3) is 6.86. The summed E-state index contributed by atoms with van der Waals surface area (Å²) in [4.78, 5) is 26.8. The number of hydrogen-bond acceptors (Lipinski definition) is 5. The minimum atomic E-state index is -0.871. The average Bonchev–Trinajstić information content (AvgIpc) is 2.45. The van der Waals surface area contributed by atoms with E-state index in [9.17, 15) is 14.7 Å². The summed E-state index contributed by atoms with van der Waals surface area (Å²) >= 11 is 0. The SMILES string of the molecule is CCCCC(C(=O)O)C(CC(N)=O)SSc1ccccn1. The first-order valence-corrected chi connectivity index (χ1v) is 9.01. The van der Waals surface area contributed by atoms with E-state index in [0.29, 0.717) is 6.42 Å². The van der Waals surface area contributed by atoms with Crippen LogP contribution in [0.1, 0.15) is 32.6 Å². The van der Waals surface area contributed by atoms with Gasteiger partial charge in [-0.15, -0.1) is 0 Å². The second-order valence-corrected chi connectivity index (χ2v) is 7.10. The van der Waals surface area contributed by atoms with Gasteiger partial charge < -0.3 is 10.8 Å². The zero-order valence-corrected chi connectivity index (χ0v) is 13.5. The Bertz CT molecular complexity index is 457. The summed E-state index contributed by atoms with van der Waals surface area (Å²) in [6, 6.07) is 5.53. The van der Waals surface area contributed by atoms with E-state index in [2.05, 4.69) is 4.98 Å². The summed E-state index contributed by atoms with van der Waals surface area (Å²) < 4.78 is 0. The second kappa shape index (κ2) is 9.68. The lowest BCUT2D eigenvalue weighted by molar-refractivity contribution is -0.142. The van der Waals surface area contributed by atoms with Crippen molar-refractivity contribution in [1.82, 2.24) is 4.98 Å². The molecular formula is C14H20N2O3S2. The lowest BCUT2D eigenvalue weighted by Crippen LogP contribution is -2.29. The molecule has 0 radical (unpaired) electrons. The number of primary amides is 1. The molecule has 7 heteroatoms. The lowest BCUT2D eigenvalue weighted by atomic mass is 9.96. The molecule has 0 bridgehead atoms. The Balaban J connectivity index is 2.72. The van der Waals surface area contributed by atoms with Gasteiger partial charge in [0, 0.05) is 17.9 Å².